The Morgan fingerprint density at radius 2 is 2.14 bits per heavy atom. The molecule has 0 spiro atoms. The SMILES string of the molecule is COc1cccc2[nH]nc(NC(=O)c3nc(C)[nH]c3C)c12. The molecule has 0 radical (unpaired) electrons. The molecule has 21 heavy (non-hydrogen) atoms. The number of rotatable bonds is 3. The quantitative estimate of drug-likeness (QED) is 0.687. The Bertz CT molecular complexity index is 818. The fourth-order valence-electron chi connectivity index (χ4n) is 2.30. The Morgan fingerprint density at radius 1 is 1.33 bits per heavy atom. The van der Waals surface area contributed by atoms with Crippen molar-refractivity contribution in [3.8, 4) is 5.75 Å². The average Bonchev–Trinajstić information content (AvgIpc) is 3.02. The Morgan fingerprint density at radius 3 is 2.81 bits per heavy atom. The van der Waals surface area contributed by atoms with E-state index >= 15 is 0 Å². The number of aromatic amines is 2. The number of benzene rings is 1. The zero-order chi connectivity index (χ0) is 15.0. The first-order chi connectivity index (χ1) is 10.1. The van der Waals surface area contributed by atoms with Crippen LogP contribution in [-0.2, 0) is 0 Å². The van der Waals surface area contributed by atoms with E-state index in [0.717, 1.165) is 16.6 Å². The third-order valence-electron chi connectivity index (χ3n) is 3.22. The van der Waals surface area contributed by atoms with Crippen molar-refractivity contribution >= 4 is 22.6 Å². The van der Waals surface area contributed by atoms with E-state index < -0.39 is 0 Å². The lowest BCUT2D eigenvalue weighted by Crippen LogP contribution is -2.14. The van der Waals surface area contributed by atoms with Gasteiger partial charge >= 0.3 is 0 Å². The van der Waals surface area contributed by atoms with Gasteiger partial charge < -0.3 is 15.0 Å². The number of fused-ring (bicyclic) bond motifs is 1. The largest absolute Gasteiger partial charge is 0.496 e. The summed E-state index contributed by atoms with van der Waals surface area (Å²) in [6.45, 7) is 3.61. The van der Waals surface area contributed by atoms with Crippen molar-refractivity contribution in [2.45, 2.75) is 13.8 Å². The molecule has 0 saturated carbocycles. The topological polar surface area (TPSA) is 95.7 Å². The molecule has 2 aromatic heterocycles. The van der Waals surface area contributed by atoms with Crippen LogP contribution in [0, 0.1) is 13.8 Å². The molecule has 7 heteroatoms. The molecule has 3 aromatic rings. The lowest BCUT2D eigenvalue weighted by molar-refractivity contribution is 0.102. The molecule has 0 aliphatic heterocycles. The second-order valence-electron chi connectivity index (χ2n) is 4.70. The maximum Gasteiger partial charge on any atom is 0.277 e. The molecule has 0 bridgehead atoms. The molecule has 0 aliphatic carbocycles. The van der Waals surface area contributed by atoms with Gasteiger partial charge in [0.2, 0.25) is 0 Å². The van der Waals surface area contributed by atoms with E-state index in [4.69, 9.17) is 4.74 Å². The standard InChI is InChI=1S/C14H15N5O2/c1-7-12(16-8(2)15-7)14(20)17-13-11-9(18-19-13)5-4-6-10(11)21-3/h4-6H,1-3H3,(H,15,16)(H2,17,18,19,20). The van der Waals surface area contributed by atoms with E-state index in [9.17, 15) is 4.79 Å². The summed E-state index contributed by atoms with van der Waals surface area (Å²) >= 11 is 0. The van der Waals surface area contributed by atoms with Crippen LogP contribution < -0.4 is 10.1 Å². The summed E-state index contributed by atoms with van der Waals surface area (Å²) < 4.78 is 5.31. The molecule has 1 amide bonds. The summed E-state index contributed by atoms with van der Waals surface area (Å²) in [5.74, 6) is 1.46. The monoisotopic (exact) mass is 285 g/mol. The van der Waals surface area contributed by atoms with Gasteiger partial charge in [-0.25, -0.2) is 4.98 Å². The lowest BCUT2D eigenvalue weighted by Gasteiger charge is -2.04. The molecule has 2 heterocycles. The van der Waals surface area contributed by atoms with Gasteiger partial charge in [0.05, 0.1) is 18.0 Å². The number of carbonyl (C=O) groups excluding carboxylic acids is 1. The fraction of sp³-hybridized carbons (Fsp3) is 0.214. The van der Waals surface area contributed by atoms with Crippen LogP contribution in [0.4, 0.5) is 5.82 Å². The second kappa shape index (κ2) is 4.93. The van der Waals surface area contributed by atoms with Crippen LogP contribution in [0.5, 0.6) is 5.75 Å². The van der Waals surface area contributed by atoms with E-state index in [1.807, 2.05) is 18.2 Å². The number of carbonyl (C=O) groups is 1. The number of imidazole rings is 1. The van der Waals surface area contributed by atoms with Crippen molar-refractivity contribution < 1.29 is 9.53 Å². The molecule has 0 fully saturated rings. The van der Waals surface area contributed by atoms with E-state index in [1.165, 1.54) is 0 Å². The van der Waals surface area contributed by atoms with Crippen LogP contribution in [0.3, 0.4) is 0 Å². The Kier molecular flexibility index (Phi) is 3.09. The van der Waals surface area contributed by atoms with Crippen LogP contribution >= 0.6 is 0 Å². The van der Waals surface area contributed by atoms with Crippen LogP contribution in [-0.4, -0.2) is 33.2 Å². The number of ether oxygens (including phenoxy) is 1. The summed E-state index contributed by atoms with van der Waals surface area (Å²) in [6.07, 6.45) is 0. The summed E-state index contributed by atoms with van der Waals surface area (Å²) in [6, 6.07) is 5.54. The average molecular weight is 285 g/mol. The zero-order valence-electron chi connectivity index (χ0n) is 11.9. The highest BCUT2D eigenvalue weighted by atomic mass is 16.5. The minimum Gasteiger partial charge on any atom is -0.496 e. The Labute approximate surface area is 120 Å². The third kappa shape index (κ3) is 2.22. The normalized spacial score (nSPS) is 10.8. The fourth-order valence-corrected chi connectivity index (χ4v) is 2.30. The molecule has 0 aliphatic rings. The molecule has 3 N–H and O–H groups in total. The van der Waals surface area contributed by atoms with Gasteiger partial charge in [0, 0.05) is 5.69 Å². The molecule has 3 rings (SSSR count). The minimum atomic E-state index is -0.309. The van der Waals surface area contributed by atoms with Gasteiger partial charge in [-0.15, -0.1) is 0 Å². The maximum atomic E-state index is 12.3. The van der Waals surface area contributed by atoms with Crippen molar-refractivity contribution in [2.24, 2.45) is 0 Å². The first kappa shape index (κ1) is 13.2. The van der Waals surface area contributed by atoms with Crippen molar-refractivity contribution in [3.63, 3.8) is 0 Å². The second-order valence-corrected chi connectivity index (χ2v) is 4.70. The molecule has 0 saturated heterocycles. The van der Waals surface area contributed by atoms with Gasteiger partial charge in [-0.3, -0.25) is 9.89 Å². The van der Waals surface area contributed by atoms with E-state index in [1.54, 1.807) is 21.0 Å². The lowest BCUT2D eigenvalue weighted by atomic mass is 10.2. The van der Waals surface area contributed by atoms with Gasteiger partial charge in [0.15, 0.2) is 5.82 Å². The van der Waals surface area contributed by atoms with Crippen molar-refractivity contribution in [2.75, 3.05) is 12.4 Å². The van der Waals surface area contributed by atoms with E-state index in [2.05, 4.69) is 25.5 Å². The number of hydrogen-bond acceptors (Lipinski definition) is 4. The van der Waals surface area contributed by atoms with E-state index in [-0.39, 0.29) is 5.91 Å². The molecule has 1 aromatic carbocycles. The molecular weight excluding hydrogens is 270 g/mol. The van der Waals surface area contributed by atoms with Gasteiger partial charge in [-0.1, -0.05) is 6.07 Å². The molecule has 108 valence electrons. The maximum absolute atomic E-state index is 12.3. The zero-order valence-corrected chi connectivity index (χ0v) is 11.9. The number of anilines is 1. The molecule has 0 atom stereocenters. The van der Waals surface area contributed by atoms with Crippen LogP contribution in [0.2, 0.25) is 0 Å². The predicted molar refractivity (Wildman–Crippen MR) is 78.7 cm³/mol. The van der Waals surface area contributed by atoms with Crippen LogP contribution in [0.15, 0.2) is 18.2 Å². The summed E-state index contributed by atoms with van der Waals surface area (Å²) in [7, 11) is 1.58. The smallest absolute Gasteiger partial charge is 0.277 e. The highest BCUT2D eigenvalue weighted by Gasteiger charge is 2.18. The summed E-state index contributed by atoms with van der Waals surface area (Å²) in [5, 5.41) is 10.5. The number of nitrogens with one attached hydrogen (secondary N) is 3. The number of hydrogen-bond donors (Lipinski definition) is 3. The first-order valence-electron chi connectivity index (χ1n) is 6.45. The number of aromatic nitrogens is 4. The van der Waals surface area contributed by atoms with Gasteiger partial charge in [0.25, 0.3) is 5.91 Å². The van der Waals surface area contributed by atoms with Gasteiger partial charge in [-0.05, 0) is 26.0 Å². The summed E-state index contributed by atoms with van der Waals surface area (Å²) in [5.41, 5.74) is 1.87. The number of methoxy groups -OCH3 is 1. The molecule has 0 unspecified atom stereocenters. The number of nitrogens with zero attached hydrogens (tertiary/aromatic N) is 2. The van der Waals surface area contributed by atoms with Crippen LogP contribution in [0.1, 0.15) is 22.0 Å². The minimum absolute atomic E-state index is 0.309. The van der Waals surface area contributed by atoms with Gasteiger partial charge in [-0.2, -0.15) is 5.10 Å². The first-order valence-corrected chi connectivity index (χ1v) is 6.45. The van der Waals surface area contributed by atoms with Crippen LogP contribution in [0.25, 0.3) is 10.9 Å². The Hall–Kier alpha value is -2.83. The van der Waals surface area contributed by atoms with Crippen molar-refractivity contribution in [1.82, 2.24) is 20.2 Å². The highest BCUT2D eigenvalue weighted by molar-refractivity contribution is 6.08. The third-order valence-corrected chi connectivity index (χ3v) is 3.22. The summed E-state index contributed by atoms with van der Waals surface area (Å²) in [4.78, 5) is 19.5. The predicted octanol–water partition coefficient (Wildman–Crippen LogP) is 2.16. The van der Waals surface area contributed by atoms with E-state index in [0.29, 0.717) is 23.1 Å². The van der Waals surface area contributed by atoms with Crippen molar-refractivity contribution in [3.05, 3.63) is 35.4 Å². The number of aryl methyl sites for hydroxylation is 2. The Balaban J connectivity index is 1.98. The number of amides is 1. The number of H-pyrrole nitrogens is 2. The highest BCUT2D eigenvalue weighted by Crippen LogP contribution is 2.30. The van der Waals surface area contributed by atoms with Gasteiger partial charge in [0.1, 0.15) is 17.3 Å². The molecule has 7 nitrogen and oxygen atoms in total. The van der Waals surface area contributed by atoms with Crippen molar-refractivity contribution in [1.29, 1.82) is 0 Å². The molecular formula is C14H15N5O2.